The number of carbonyl (C=O) groups excluding carboxylic acids is 1. The van der Waals surface area contributed by atoms with Crippen LogP contribution >= 0.6 is 0 Å². The maximum Gasteiger partial charge on any atom is 0.220 e. The molecule has 0 aliphatic heterocycles. The molecule has 0 saturated carbocycles. The van der Waals surface area contributed by atoms with Gasteiger partial charge in [0.15, 0.2) is 5.65 Å². The van der Waals surface area contributed by atoms with Gasteiger partial charge in [-0.25, -0.2) is 4.68 Å². The van der Waals surface area contributed by atoms with Gasteiger partial charge in [0.25, 0.3) is 0 Å². The summed E-state index contributed by atoms with van der Waals surface area (Å²) in [5.74, 6) is 0.550. The van der Waals surface area contributed by atoms with Crippen molar-refractivity contribution in [2.75, 3.05) is 7.11 Å². The van der Waals surface area contributed by atoms with Gasteiger partial charge in [-0.05, 0) is 62.4 Å². The maximum atomic E-state index is 12.6. The highest BCUT2D eigenvalue weighted by Gasteiger charge is 2.20. The van der Waals surface area contributed by atoms with Crippen LogP contribution in [0.1, 0.15) is 46.9 Å². The number of nitrogens with zero attached hydrogens (tertiary/aromatic N) is 3. The van der Waals surface area contributed by atoms with Crippen LogP contribution in [0.25, 0.3) is 16.7 Å². The third kappa shape index (κ3) is 4.81. The van der Waals surface area contributed by atoms with Crippen molar-refractivity contribution in [1.29, 1.82) is 0 Å². The molecule has 6 heteroatoms. The molecule has 0 spiro atoms. The molecule has 4 aromatic rings. The summed E-state index contributed by atoms with van der Waals surface area (Å²) in [7, 11) is 1.62. The average Bonchev–Trinajstić information content (AvgIpc) is 3.19. The molecule has 4 rings (SSSR count). The van der Waals surface area contributed by atoms with E-state index in [4.69, 9.17) is 14.8 Å². The number of benzene rings is 2. The first-order chi connectivity index (χ1) is 16.4. The van der Waals surface area contributed by atoms with Crippen LogP contribution in [0.4, 0.5) is 0 Å². The van der Waals surface area contributed by atoms with Crippen LogP contribution in [0.2, 0.25) is 0 Å². The number of carbonyl (C=O) groups is 1. The van der Waals surface area contributed by atoms with E-state index in [1.165, 1.54) is 11.1 Å². The number of methoxy groups -OCH3 is 1. The Balaban J connectivity index is 1.54. The molecule has 1 N–H and O–H groups in total. The first kappa shape index (κ1) is 23.5. The molecule has 0 aliphatic carbocycles. The molecule has 34 heavy (non-hydrogen) atoms. The van der Waals surface area contributed by atoms with Gasteiger partial charge in [-0.3, -0.25) is 4.79 Å². The summed E-state index contributed by atoms with van der Waals surface area (Å²) in [6.45, 7) is 8.77. The standard InChI is InChI=1S/C28H32N4O2/c1-6-21-9-11-22(12-10-21)17-29-25(33)16-15-24-19(3)26-20(4)31-32(27(26)30-28(24)34-5)23-13-7-18(2)8-14-23/h7-14H,6,15-17H2,1-5H3,(H,29,33). The van der Waals surface area contributed by atoms with Crippen LogP contribution < -0.4 is 10.1 Å². The Labute approximate surface area is 201 Å². The minimum absolute atomic E-state index is 0.00758. The van der Waals surface area contributed by atoms with E-state index in [9.17, 15) is 4.79 Å². The Morgan fingerprint density at radius 2 is 1.68 bits per heavy atom. The number of pyridine rings is 1. The summed E-state index contributed by atoms with van der Waals surface area (Å²) >= 11 is 0. The van der Waals surface area contributed by atoms with Crippen LogP contribution in [-0.4, -0.2) is 27.8 Å². The first-order valence-electron chi connectivity index (χ1n) is 11.8. The molecular weight excluding hydrogens is 424 g/mol. The fraction of sp³-hybridized carbons (Fsp3) is 0.321. The maximum absolute atomic E-state index is 12.6. The minimum atomic E-state index is 0.00758. The topological polar surface area (TPSA) is 69.0 Å². The van der Waals surface area contributed by atoms with Gasteiger partial charge >= 0.3 is 0 Å². The number of rotatable bonds is 8. The zero-order valence-electron chi connectivity index (χ0n) is 20.6. The third-order valence-corrected chi connectivity index (χ3v) is 6.32. The van der Waals surface area contributed by atoms with Crippen molar-refractivity contribution >= 4 is 16.9 Å². The quantitative estimate of drug-likeness (QED) is 0.397. The van der Waals surface area contributed by atoms with E-state index in [-0.39, 0.29) is 5.91 Å². The summed E-state index contributed by atoms with van der Waals surface area (Å²) in [5.41, 5.74) is 8.21. The van der Waals surface area contributed by atoms with Crippen LogP contribution in [0.3, 0.4) is 0 Å². The molecule has 0 saturated heterocycles. The summed E-state index contributed by atoms with van der Waals surface area (Å²) in [5, 5.41) is 8.79. The lowest BCUT2D eigenvalue weighted by Gasteiger charge is -2.13. The van der Waals surface area contributed by atoms with E-state index in [0.717, 1.165) is 45.5 Å². The second kappa shape index (κ2) is 10.1. The number of fused-ring (bicyclic) bond motifs is 1. The van der Waals surface area contributed by atoms with E-state index in [0.29, 0.717) is 25.3 Å². The first-order valence-corrected chi connectivity index (χ1v) is 11.8. The molecule has 0 bridgehead atoms. The highest BCUT2D eigenvalue weighted by molar-refractivity contribution is 5.86. The van der Waals surface area contributed by atoms with Gasteiger partial charge in [0, 0.05) is 23.9 Å². The highest BCUT2D eigenvalue weighted by Crippen LogP contribution is 2.31. The Hall–Kier alpha value is -3.67. The van der Waals surface area contributed by atoms with Gasteiger partial charge in [-0.1, -0.05) is 48.9 Å². The fourth-order valence-electron chi connectivity index (χ4n) is 4.28. The second-order valence-corrected chi connectivity index (χ2v) is 8.70. The lowest BCUT2D eigenvalue weighted by Crippen LogP contribution is -2.23. The minimum Gasteiger partial charge on any atom is -0.481 e. The third-order valence-electron chi connectivity index (χ3n) is 6.32. The number of amides is 1. The fourth-order valence-corrected chi connectivity index (χ4v) is 4.28. The number of nitrogens with one attached hydrogen (secondary N) is 1. The van der Waals surface area contributed by atoms with Crippen LogP contribution in [0.15, 0.2) is 48.5 Å². The van der Waals surface area contributed by atoms with Crippen molar-refractivity contribution in [3.63, 3.8) is 0 Å². The Bertz CT molecular complexity index is 1310. The molecule has 0 atom stereocenters. The molecule has 2 aromatic heterocycles. The zero-order chi connectivity index (χ0) is 24.2. The SMILES string of the molecule is CCc1ccc(CNC(=O)CCc2c(OC)nc3c(c(C)nn3-c3ccc(C)cc3)c2C)cc1. The molecular formula is C28H32N4O2. The lowest BCUT2D eigenvalue weighted by molar-refractivity contribution is -0.121. The molecule has 0 radical (unpaired) electrons. The van der Waals surface area contributed by atoms with Crippen molar-refractivity contribution in [1.82, 2.24) is 20.1 Å². The zero-order valence-corrected chi connectivity index (χ0v) is 20.6. The van der Waals surface area contributed by atoms with Crippen molar-refractivity contribution in [2.45, 2.75) is 53.5 Å². The molecule has 2 heterocycles. The Morgan fingerprint density at radius 3 is 2.32 bits per heavy atom. The number of ether oxygens (including phenoxy) is 1. The number of aryl methyl sites for hydroxylation is 4. The summed E-state index contributed by atoms with van der Waals surface area (Å²) in [4.78, 5) is 17.4. The van der Waals surface area contributed by atoms with Crippen LogP contribution in [0.5, 0.6) is 5.88 Å². The predicted molar refractivity (Wildman–Crippen MR) is 136 cm³/mol. The van der Waals surface area contributed by atoms with E-state index in [1.54, 1.807) is 7.11 Å². The van der Waals surface area contributed by atoms with Gasteiger partial charge in [0.1, 0.15) is 0 Å². The van der Waals surface area contributed by atoms with Gasteiger partial charge < -0.3 is 10.1 Å². The van der Waals surface area contributed by atoms with Crippen molar-refractivity contribution in [3.05, 3.63) is 82.0 Å². The largest absolute Gasteiger partial charge is 0.481 e. The van der Waals surface area contributed by atoms with Crippen molar-refractivity contribution < 1.29 is 9.53 Å². The van der Waals surface area contributed by atoms with Gasteiger partial charge in [0.2, 0.25) is 11.8 Å². The van der Waals surface area contributed by atoms with Crippen LogP contribution in [-0.2, 0) is 24.2 Å². The van der Waals surface area contributed by atoms with E-state index >= 15 is 0 Å². The van der Waals surface area contributed by atoms with E-state index in [2.05, 4.69) is 62.5 Å². The van der Waals surface area contributed by atoms with E-state index < -0.39 is 0 Å². The van der Waals surface area contributed by atoms with Gasteiger partial charge in [-0.2, -0.15) is 10.1 Å². The average molecular weight is 457 g/mol. The monoisotopic (exact) mass is 456 g/mol. The lowest BCUT2D eigenvalue weighted by atomic mass is 10.0. The normalized spacial score (nSPS) is 11.1. The summed E-state index contributed by atoms with van der Waals surface area (Å²) in [6.07, 6.45) is 1.92. The molecule has 0 fully saturated rings. The Morgan fingerprint density at radius 1 is 1.00 bits per heavy atom. The van der Waals surface area contributed by atoms with Gasteiger partial charge in [-0.15, -0.1) is 0 Å². The molecule has 176 valence electrons. The smallest absolute Gasteiger partial charge is 0.220 e. The highest BCUT2D eigenvalue weighted by atomic mass is 16.5. The van der Waals surface area contributed by atoms with Crippen LogP contribution in [0, 0.1) is 20.8 Å². The number of hydrogen-bond donors (Lipinski definition) is 1. The summed E-state index contributed by atoms with van der Waals surface area (Å²) < 4.78 is 7.51. The second-order valence-electron chi connectivity index (χ2n) is 8.70. The number of aromatic nitrogens is 3. The molecule has 6 nitrogen and oxygen atoms in total. The molecule has 2 aromatic carbocycles. The Kier molecular flexibility index (Phi) is 6.96. The van der Waals surface area contributed by atoms with E-state index in [1.807, 2.05) is 23.7 Å². The number of hydrogen-bond acceptors (Lipinski definition) is 4. The van der Waals surface area contributed by atoms with Crippen molar-refractivity contribution in [3.8, 4) is 11.6 Å². The summed E-state index contributed by atoms with van der Waals surface area (Å²) in [6, 6.07) is 16.6. The predicted octanol–water partition coefficient (Wildman–Crippen LogP) is 5.17. The van der Waals surface area contributed by atoms with Gasteiger partial charge in [0.05, 0.1) is 18.5 Å². The molecule has 1 amide bonds. The van der Waals surface area contributed by atoms with Crippen molar-refractivity contribution in [2.24, 2.45) is 0 Å². The molecule has 0 unspecified atom stereocenters. The molecule has 0 aliphatic rings.